The zero-order valence-electron chi connectivity index (χ0n) is 12.8. The Labute approximate surface area is 119 Å². The fourth-order valence-corrected chi connectivity index (χ4v) is 2.26. The van der Waals surface area contributed by atoms with Crippen molar-refractivity contribution in [3.05, 3.63) is 21.4 Å². The van der Waals surface area contributed by atoms with Crippen molar-refractivity contribution < 1.29 is 19.2 Å². The maximum atomic E-state index is 12.3. The van der Waals surface area contributed by atoms with Gasteiger partial charge in [0.15, 0.2) is 12.6 Å². The molecule has 1 aliphatic rings. The van der Waals surface area contributed by atoms with Crippen LogP contribution in [0.3, 0.4) is 0 Å². The minimum Gasteiger partial charge on any atom is -0.471 e. The Morgan fingerprint density at radius 1 is 1.35 bits per heavy atom. The summed E-state index contributed by atoms with van der Waals surface area (Å²) in [5.74, 6) is 0.463. The monoisotopic (exact) mass is 285 g/mol. The van der Waals surface area contributed by atoms with Crippen LogP contribution in [-0.4, -0.2) is 30.1 Å². The number of ether oxygens (including phenoxy) is 2. The van der Waals surface area contributed by atoms with Crippen LogP contribution in [0.1, 0.15) is 47.0 Å². The lowest BCUT2D eigenvalue weighted by Gasteiger charge is -2.32. The molecule has 0 radical (unpaired) electrons. The van der Waals surface area contributed by atoms with E-state index in [4.69, 9.17) is 9.47 Å². The second-order valence-electron chi connectivity index (χ2n) is 6.64. The second-order valence-corrected chi connectivity index (χ2v) is 6.64. The topological polar surface area (TPSA) is 78.7 Å². The highest BCUT2D eigenvalue weighted by atomic mass is 16.7. The van der Waals surface area contributed by atoms with E-state index in [0.29, 0.717) is 24.2 Å². The fraction of sp³-hybridized carbons (Fsp3) is 0.786. The van der Waals surface area contributed by atoms with Gasteiger partial charge < -0.3 is 9.47 Å². The third-order valence-electron chi connectivity index (χ3n) is 3.41. The van der Waals surface area contributed by atoms with Gasteiger partial charge in [-0.1, -0.05) is 13.8 Å². The number of rotatable bonds is 6. The summed E-state index contributed by atoms with van der Waals surface area (Å²) in [4.78, 5) is 23.0. The molecule has 6 nitrogen and oxygen atoms in total. The molecule has 0 saturated carbocycles. The molecule has 0 heterocycles. The molecule has 0 saturated heterocycles. The van der Waals surface area contributed by atoms with Crippen LogP contribution >= 0.6 is 0 Å². The number of hydrogen-bond acceptors (Lipinski definition) is 5. The van der Waals surface area contributed by atoms with Crippen LogP contribution in [0.5, 0.6) is 0 Å². The molecule has 1 aliphatic carbocycles. The van der Waals surface area contributed by atoms with E-state index in [-0.39, 0.29) is 29.3 Å². The number of hydrogen-bond donors (Lipinski definition) is 0. The first kappa shape index (κ1) is 16.6. The number of methoxy groups -OCH3 is 1. The molecule has 1 rings (SSSR count). The van der Waals surface area contributed by atoms with Crippen molar-refractivity contribution in [2.75, 3.05) is 13.9 Å². The van der Waals surface area contributed by atoms with Gasteiger partial charge in [-0.25, -0.2) is 0 Å². The Kier molecular flexibility index (Phi) is 4.91. The third kappa shape index (κ3) is 4.03. The molecule has 0 fully saturated rings. The zero-order chi connectivity index (χ0) is 15.6. The lowest BCUT2D eigenvalue weighted by Crippen LogP contribution is -2.35. The van der Waals surface area contributed by atoms with E-state index >= 15 is 0 Å². The first-order chi connectivity index (χ1) is 9.09. The maximum absolute atomic E-state index is 12.3. The molecule has 20 heavy (non-hydrogen) atoms. The highest BCUT2D eigenvalue weighted by Gasteiger charge is 2.40. The van der Waals surface area contributed by atoms with Crippen LogP contribution in [0.4, 0.5) is 0 Å². The molecule has 6 heteroatoms. The lowest BCUT2D eigenvalue weighted by molar-refractivity contribution is -0.559. The maximum Gasteiger partial charge on any atom is 0.221 e. The molecule has 0 bridgehead atoms. The fourth-order valence-electron chi connectivity index (χ4n) is 2.26. The standard InChI is InChI=1S/C14H23NO5/c1-13(2)7-11(16)10(6-14(3,4)15(17)18)12(8-13)20-9-19-5/h6-9H2,1-5H3. The van der Waals surface area contributed by atoms with Gasteiger partial charge in [-0.15, -0.1) is 0 Å². The molecule has 0 aromatic carbocycles. The molecule has 0 aromatic rings. The smallest absolute Gasteiger partial charge is 0.221 e. The molecular formula is C14H23NO5. The van der Waals surface area contributed by atoms with Crippen molar-refractivity contribution in [2.45, 2.75) is 52.5 Å². The summed E-state index contributed by atoms with van der Waals surface area (Å²) in [5, 5.41) is 11.1. The first-order valence-electron chi connectivity index (χ1n) is 6.60. The average Bonchev–Trinajstić information content (AvgIpc) is 2.29. The lowest BCUT2D eigenvalue weighted by atomic mass is 9.74. The van der Waals surface area contributed by atoms with Gasteiger partial charge in [0.1, 0.15) is 5.76 Å². The molecule has 0 N–H and O–H groups in total. The summed E-state index contributed by atoms with van der Waals surface area (Å²) >= 11 is 0. The van der Waals surface area contributed by atoms with Crippen LogP contribution in [0.15, 0.2) is 11.3 Å². The van der Waals surface area contributed by atoms with Crippen molar-refractivity contribution in [1.29, 1.82) is 0 Å². The molecule has 0 aliphatic heterocycles. The summed E-state index contributed by atoms with van der Waals surface area (Å²) in [5.41, 5.74) is -0.945. The molecular weight excluding hydrogens is 262 g/mol. The van der Waals surface area contributed by atoms with Gasteiger partial charge in [0.25, 0.3) is 0 Å². The zero-order valence-corrected chi connectivity index (χ0v) is 12.8. The number of ketones is 1. The number of Topliss-reactive ketones (excluding diaryl/α,β-unsaturated/α-hetero) is 1. The minimum atomic E-state index is -1.19. The van der Waals surface area contributed by atoms with E-state index in [1.165, 1.54) is 21.0 Å². The summed E-state index contributed by atoms with van der Waals surface area (Å²) in [6.45, 7) is 7.04. The van der Waals surface area contributed by atoms with E-state index < -0.39 is 5.54 Å². The number of allylic oxidation sites excluding steroid dienone is 1. The van der Waals surface area contributed by atoms with Gasteiger partial charge in [-0.3, -0.25) is 14.9 Å². The minimum absolute atomic E-state index is 0.0427. The van der Waals surface area contributed by atoms with Crippen LogP contribution in [0.25, 0.3) is 0 Å². The highest BCUT2D eigenvalue weighted by molar-refractivity contribution is 5.97. The van der Waals surface area contributed by atoms with Gasteiger partial charge >= 0.3 is 0 Å². The van der Waals surface area contributed by atoms with Gasteiger partial charge in [-0.2, -0.15) is 0 Å². The predicted molar refractivity (Wildman–Crippen MR) is 73.7 cm³/mol. The quantitative estimate of drug-likeness (QED) is 0.426. The van der Waals surface area contributed by atoms with Gasteiger partial charge in [0.05, 0.1) is 0 Å². The van der Waals surface area contributed by atoms with Crippen LogP contribution < -0.4 is 0 Å². The summed E-state index contributed by atoms with van der Waals surface area (Å²) in [6, 6.07) is 0. The summed E-state index contributed by atoms with van der Waals surface area (Å²) in [6.07, 6.45) is 1.05. The molecule has 0 spiro atoms. The summed E-state index contributed by atoms with van der Waals surface area (Å²) < 4.78 is 10.4. The van der Waals surface area contributed by atoms with Crippen molar-refractivity contribution in [3.8, 4) is 0 Å². The Balaban J connectivity index is 3.08. The van der Waals surface area contributed by atoms with Gasteiger partial charge in [0.2, 0.25) is 5.54 Å². The van der Waals surface area contributed by atoms with E-state index in [1.54, 1.807) is 0 Å². The SMILES string of the molecule is COCOC1=C(CC(C)(C)[N+](=O)[O-])C(=O)CC(C)(C)C1. The van der Waals surface area contributed by atoms with Crippen molar-refractivity contribution in [1.82, 2.24) is 0 Å². The van der Waals surface area contributed by atoms with Crippen molar-refractivity contribution >= 4 is 5.78 Å². The number of nitro groups is 1. The Bertz CT molecular complexity index is 437. The third-order valence-corrected chi connectivity index (χ3v) is 3.41. The number of carbonyl (C=O) groups excluding carboxylic acids is 1. The number of carbonyl (C=O) groups is 1. The van der Waals surface area contributed by atoms with Crippen LogP contribution in [0.2, 0.25) is 0 Å². The Morgan fingerprint density at radius 3 is 2.45 bits per heavy atom. The Hall–Kier alpha value is -1.43. The molecule has 0 aromatic heterocycles. The van der Waals surface area contributed by atoms with Crippen molar-refractivity contribution in [3.63, 3.8) is 0 Å². The molecule has 0 atom stereocenters. The highest BCUT2D eigenvalue weighted by Crippen LogP contribution is 2.39. The number of nitrogens with zero attached hydrogens (tertiary/aromatic N) is 1. The Morgan fingerprint density at radius 2 is 1.95 bits per heavy atom. The van der Waals surface area contributed by atoms with Crippen LogP contribution in [0, 0.1) is 15.5 Å². The van der Waals surface area contributed by atoms with E-state index in [9.17, 15) is 14.9 Å². The van der Waals surface area contributed by atoms with E-state index in [1.807, 2.05) is 13.8 Å². The normalized spacial score (nSPS) is 19.1. The largest absolute Gasteiger partial charge is 0.471 e. The second kappa shape index (κ2) is 5.91. The van der Waals surface area contributed by atoms with Crippen LogP contribution in [-0.2, 0) is 14.3 Å². The van der Waals surface area contributed by atoms with E-state index in [0.717, 1.165) is 0 Å². The van der Waals surface area contributed by atoms with Crippen molar-refractivity contribution in [2.24, 2.45) is 5.41 Å². The summed E-state index contributed by atoms with van der Waals surface area (Å²) in [7, 11) is 1.50. The van der Waals surface area contributed by atoms with Gasteiger partial charge in [0, 0.05) is 50.7 Å². The molecule has 0 amide bonds. The first-order valence-corrected chi connectivity index (χ1v) is 6.60. The predicted octanol–water partition coefficient (Wildman–Crippen LogP) is 2.70. The van der Waals surface area contributed by atoms with Gasteiger partial charge in [-0.05, 0) is 5.41 Å². The average molecular weight is 285 g/mol. The molecule has 114 valence electrons. The molecule has 0 unspecified atom stereocenters. The van der Waals surface area contributed by atoms with E-state index in [2.05, 4.69) is 0 Å².